The van der Waals surface area contributed by atoms with Crippen molar-refractivity contribution in [1.82, 2.24) is 4.90 Å². The van der Waals surface area contributed by atoms with Gasteiger partial charge in [-0.05, 0) is 18.8 Å². The van der Waals surface area contributed by atoms with Crippen LogP contribution in [0.1, 0.15) is 26.7 Å². The predicted octanol–water partition coefficient (Wildman–Crippen LogP) is 0.293. The molecule has 92 valence electrons. The van der Waals surface area contributed by atoms with E-state index in [1.165, 1.54) is 0 Å². The third-order valence-electron chi connectivity index (χ3n) is 3.09. The number of piperidine rings is 1. The highest BCUT2D eigenvalue weighted by Gasteiger charge is 2.31. The second-order valence-corrected chi connectivity index (χ2v) is 4.73. The number of amides is 1. The van der Waals surface area contributed by atoms with E-state index in [2.05, 4.69) is 0 Å². The normalized spacial score (nSPS) is 23.2. The number of hydrogen-bond acceptors (Lipinski definition) is 3. The fourth-order valence-corrected chi connectivity index (χ4v) is 1.87. The lowest BCUT2D eigenvalue weighted by Gasteiger charge is -2.33. The Labute approximate surface area is 95.6 Å². The molecule has 0 saturated carbocycles. The van der Waals surface area contributed by atoms with Crippen molar-refractivity contribution in [3.05, 3.63) is 0 Å². The number of carboxylic acids is 1. The summed E-state index contributed by atoms with van der Waals surface area (Å²) in [5, 5.41) is 8.92. The van der Waals surface area contributed by atoms with Crippen LogP contribution >= 0.6 is 0 Å². The van der Waals surface area contributed by atoms with E-state index in [4.69, 9.17) is 10.8 Å². The summed E-state index contributed by atoms with van der Waals surface area (Å²) in [6.07, 6.45) is 1.39. The van der Waals surface area contributed by atoms with E-state index < -0.39 is 17.9 Å². The van der Waals surface area contributed by atoms with Crippen molar-refractivity contribution in [2.45, 2.75) is 32.7 Å². The Kier molecular flexibility index (Phi) is 4.29. The molecule has 1 aliphatic heterocycles. The quantitative estimate of drug-likeness (QED) is 0.727. The smallest absolute Gasteiger partial charge is 0.308 e. The standard InChI is InChI=1S/C11H20N2O3/c1-7(2)9(12)10(14)13-5-3-4-8(6-13)11(15)16/h7-9H,3-6,12H2,1-2H3,(H,15,16)/t8?,9-/m0/s1. The average Bonchev–Trinajstić information content (AvgIpc) is 2.27. The van der Waals surface area contributed by atoms with Crippen LogP contribution in [-0.4, -0.2) is 41.0 Å². The van der Waals surface area contributed by atoms with Crippen molar-refractivity contribution in [2.24, 2.45) is 17.6 Å². The third kappa shape index (κ3) is 2.95. The Balaban J connectivity index is 2.60. The van der Waals surface area contributed by atoms with Gasteiger partial charge in [-0.15, -0.1) is 0 Å². The third-order valence-corrected chi connectivity index (χ3v) is 3.09. The summed E-state index contributed by atoms with van der Waals surface area (Å²) in [7, 11) is 0. The van der Waals surface area contributed by atoms with Gasteiger partial charge in [0.25, 0.3) is 0 Å². The van der Waals surface area contributed by atoms with Gasteiger partial charge in [0.1, 0.15) is 0 Å². The summed E-state index contributed by atoms with van der Waals surface area (Å²) in [5.74, 6) is -1.30. The molecule has 5 heteroatoms. The van der Waals surface area contributed by atoms with E-state index in [1.54, 1.807) is 4.90 Å². The van der Waals surface area contributed by atoms with Gasteiger partial charge in [-0.3, -0.25) is 9.59 Å². The molecule has 3 N–H and O–H groups in total. The SMILES string of the molecule is CC(C)[C@H](N)C(=O)N1CCCC(C(=O)O)C1. The molecule has 5 nitrogen and oxygen atoms in total. The second-order valence-electron chi connectivity index (χ2n) is 4.73. The number of nitrogens with two attached hydrogens (primary N) is 1. The summed E-state index contributed by atoms with van der Waals surface area (Å²) in [6.45, 7) is 4.71. The average molecular weight is 228 g/mol. The Bertz CT molecular complexity index is 278. The van der Waals surface area contributed by atoms with E-state index in [1.807, 2.05) is 13.8 Å². The van der Waals surface area contributed by atoms with Gasteiger partial charge in [0, 0.05) is 13.1 Å². The van der Waals surface area contributed by atoms with Gasteiger partial charge < -0.3 is 15.7 Å². The lowest BCUT2D eigenvalue weighted by molar-refractivity contribution is -0.146. The van der Waals surface area contributed by atoms with Gasteiger partial charge in [0.2, 0.25) is 5.91 Å². The molecular weight excluding hydrogens is 208 g/mol. The molecule has 0 aromatic rings. The van der Waals surface area contributed by atoms with Crippen molar-refractivity contribution >= 4 is 11.9 Å². The predicted molar refractivity (Wildman–Crippen MR) is 59.8 cm³/mol. The van der Waals surface area contributed by atoms with Crippen LogP contribution in [0.3, 0.4) is 0 Å². The summed E-state index contributed by atoms with van der Waals surface area (Å²) in [4.78, 5) is 24.4. The number of hydrogen-bond donors (Lipinski definition) is 2. The van der Waals surface area contributed by atoms with Gasteiger partial charge in [-0.1, -0.05) is 13.8 Å². The number of carbonyl (C=O) groups excluding carboxylic acids is 1. The molecule has 16 heavy (non-hydrogen) atoms. The molecule has 1 unspecified atom stereocenters. The number of carboxylic acid groups (broad SMARTS) is 1. The van der Waals surface area contributed by atoms with E-state index in [0.717, 1.165) is 6.42 Å². The summed E-state index contributed by atoms with van der Waals surface area (Å²) < 4.78 is 0. The monoisotopic (exact) mass is 228 g/mol. The minimum atomic E-state index is -0.824. The Morgan fingerprint density at radius 1 is 1.44 bits per heavy atom. The van der Waals surface area contributed by atoms with Gasteiger partial charge in [0.15, 0.2) is 0 Å². The molecule has 1 aliphatic rings. The first-order valence-corrected chi connectivity index (χ1v) is 5.70. The largest absolute Gasteiger partial charge is 0.481 e. The summed E-state index contributed by atoms with van der Waals surface area (Å²) in [5.41, 5.74) is 5.77. The molecule has 1 rings (SSSR count). The molecule has 2 atom stereocenters. The van der Waals surface area contributed by atoms with Crippen LogP contribution in [0.15, 0.2) is 0 Å². The first-order valence-electron chi connectivity index (χ1n) is 5.70. The molecule has 0 radical (unpaired) electrons. The number of rotatable bonds is 3. The van der Waals surface area contributed by atoms with E-state index in [9.17, 15) is 9.59 Å². The Morgan fingerprint density at radius 2 is 2.06 bits per heavy atom. The van der Waals surface area contributed by atoms with Gasteiger partial charge in [-0.2, -0.15) is 0 Å². The van der Waals surface area contributed by atoms with Crippen LogP contribution in [0.2, 0.25) is 0 Å². The maximum atomic E-state index is 11.9. The van der Waals surface area contributed by atoms with Crippen LogP contribution in [0.5, 0.6) is 0 Å². The molecule has 1 amide bonds. The topological polar surface area (TPSA) is 83.6 Å². The highest BCUT2D eigenvalue weighted by atomic mass is 16.4. The van der Waals surface area contributed by atoms with Crippen LogP contribution in [0, 0.1) is 11.8 Å². The number of aliphatic carboxylic acids is 1. The Hall–Kier alpha value is -1.10. The highest BCUT2D eigenvalue weighted by Crippen LogP contribution is 2.18. The van der Waals surface area contributed by atoms with Gasteiger partial charge in [-0.25, -0.2) is 0 Å². The minimum Gasteiger partial charge on any atom is -0.481 e. The van der Waals surface area contributed by atoms with E-state index >= 15 is 0 Å². The summed E-state index contributed by atoms with van der Waals surface area (Å²) >= 11 is 0. The minimum absolute atomic E-state index is 0.0812. The van der Waals surface area contributed by atoms with Crippen molar-refractivity contribution < 1.29 is 14.7 Å². The maximum absolute atomic E-state index is 11.9. The first-order chi connectivity index (χ1) is 7.43. The van der Waals surface area contributed by atoms with Crippen LogP contribution in [0.25, 0.3) is 0 Å². The van der Waals surface area contributed by atoms with Crippen LogP contribution in [0.4, 0.5) is 0 Å². The van der Waals surface area contributed by atoms with Crippen molar-refractivity contribution in [1.29, 1.82) is 0 Å². The van der Waals surface area contributed by atoms with Crippen LogP contribution in [-0.2, 0) is 9.59 Å². The lowest BCUT2D eigenvalue weighted by atomic mass is 9.96. The molecule has 0 aromatic carbocycles. The second kappa shape index (κ2) is 5.30. The lowest BCUT2D eigenvalue weighted by Crippen LogP contribution is -2.50. The van der Waals surface area contributed by atoms with Gasteiger partial charge >= 0.3 is 5.97 Å². The zero-order valence-corrected chi connectivity index (χ0v) is 9.85. The molecule has 0 spiro atoms. The number of nitrogens with zero attached hydrogens (tertiary/aromatic N) is 1. The fraction of sp³-hybridized carbons (Fsp3) is 0.818. The summed E-state index contributed by atoms with van der Waals surface area (Å²) in [6, 6.07) is -0.521. The molecule has 1 fully saturated rings. The fourth-order valence-electron chi connectivity index (χ4n) is 1.87. The zero-order chi connectivity index (χ0) is 12.3. The van der Waals surface area contributed by atoms with E-state index in [0.29, 0.717) is 19.5 Å². The van der Waals surface area contributed by atoms with E-state index in [-0.39, 0.29) is 11.8 Å². The highest BCUT2D eigenvalue weighted by molar-refractivity contribution is 5.82. The number of carbonyl (C=O) groups is 2. The van der Waals surface area contributed by atoms with Gasteiger partial charge in [0.05, 0.1) is 12.0 Å². The van der Waals surface area contributed by atoms with Crippen LogP contribution < -0.4 is 5.73 Å². The first kappa shape index (κ1) is 13.0. The molecule has 0 aromatic heterocycles. The molecule has 1 heterocycles. The molecule has 0 aliphatic carbocycles. The Morgan fingerprint density at radius 3 is 2.56 bits per heavy atom. The molecular formula is C11H20N2O3. The van der Waals surface area contributed by atoms with Crippen molar-refractivity contribution in [3.63, 3.8) is 0 Å². The van der Waals surface area contributed by atoms with Crippen molar-refractivity contribution in [2.75, 3.05) is 13.1 Å². The zero-order valence-electron chi connectivity index (χ0n) is 9.85. The number of likely N-dealkylation sites (tertiary alicyclic amines) is 1. The molecule has 0 bridgehead atoms. The maximum Gasteiger partial charge on any atom is 0.308 e. The van der Waals surface area contributed by atoms with Crippen molar-refractivity contribution in [3.8, 4) is 0 Å². The molecule has 1 saturated heterocycles.